The number of nitrogens with two attached hydrogens (primary N) is 2. The standard InChI is InChI=1S/C16H24N4/c1-11(12-8-6-5-7-9-12)10-13-14(17)20(18)15(19-13)16(2,3)4/h5-9,11H,10,17-18H2,1-4H3. The van der Waals surface area contributed by atoms with Gasteiger partial charge in [-0.2, -0.15) is 0 Å². The molecular weight excluding hydrogens is 248 g/mol. The Bertz CT molecular complexity index is 579. The van der Waals surface area contributed by atoms with E-state index in [2.05, 4.69) is 56.9 Å². The van der Waals surface area contributed by atoms with Crippen LogP contribution in [0.1, 0.15) is 50.7 Å². The van der Waals surface area contributed by atoms with Crippen molar-refractivity contribution in [1.82, 2.24) is 9.66 Å². The van der Waals surface area contributed by atoms with Crippen LogP contribution in [0.15, 0.2) is 30.3 Å². The zero-order valence-corrected chi connectivity index (χ0v) is 12.7. The molecule has 1 atom stereocenters. The molecule has 2 aromatic rings. The Hall–Kier alpha value is -1.97. The van der Waals surface area contributed by atoms with Gasteiger partial charge in [-0.25, -0.2) is 9.66 Å². The molecule has 0 saturated carbocycles. The van der Waals surface area contributed by atoms with Crippen LogP contribution in [0.25, 0.3) is 0 Å². The summed E-state index contributed by atoms with van der Waals surface area (Å²) in [5, 5.41) is 0. The van der Waals surface area contributed by atoms with Crippen molar-refractivity contribution < 1.29 is 0 Å². The van der Waals surface area contributed by atoms with E-state index in [4.69, 9.17) is 11.6 Å². The van der Waals surface area contributed by atoms with Gasteiger partial charge >= 0.3 is 0 Å². The van der Waals surface area contributed by atoms with Gasteiger partial charge in [0.2, 0.25) is 0 Å². The molecule has 1 aromatic carbocycles. The minimum atomic E-state index is -0.114. The van der Waals surface area contributed by atoms with Gasteiger partial charge in [0.15, 0.2) is 0 Å². The Morgan fingerprint density at radius 1 is 1.20 bits per heavy atom. The highest BCUT2D eigenvalue weighted by Gasteiger charge is 2.24. The van der Waals surface area contributed by atoms with E-state index in [9.17, 15) is 0 Å². The highest BCUT2D eigenvalue weighted by Crippen LogP contribution is 2.27. The number of nitrogens with zero attached hydrogens (tertiary/aromatic N) is 2. The van der Waals surface area contributed by atoms with Crippen LogP contribution >= 0.6 is 0 Å². The number of nitrogen functional groups attached to an aromatic ring is 2. The van der Waals surface area contributed by atoms with Gasteiger partial charge in [-0.05, 0) is 11.5 Å². The SMILES string of the molecule is CC(Cc1nc(C(C)(C)C)n(N)c1N)c1ccccc1. The molecule has 1 aromatic heterocycles. The van der Waals surface area contributed by atoms with Crippen molar-refractivity contribution in [2.75, 3.05) is 11.6 Å². The molecule has 0 aliphatic rings. The average molecular weight is 272 g/mol. The monoisotopic (exact) mass is 272 g/mol. The normalized spacial score (nSPS) is 13.4. The van der Waals surface area contributed by atoms with Crippen molar-refractivity contribution in [1.29, 1.82) is 0 Å². The largest absolute Gasteiger partial charge is 0.382 e. The third-order valence-electron chi connectivity index (χ3n) is 3.56. The van der Waals surface area contributed by atoms with Crippen LogP contribution in [0.5, 0.6) is 0 Å². The van der Waals surface area contributed by atoms with Crippen LogP contribution < -0.4 is 11.6 Å². The summed E-state index contributed by atoms with van der Waals surface area (Å²) >= 11 is 0. The van der Waals surface area contributed by atoms with Gasteiger partial charge in [0, 0.05) is 11.8 Å². The zero-order chi connectivity index (χ0) is 14.9. The first-order valence-electron chi connectivity index (χ1n) is 6.98. The Kier molecular flexibility index (Phi) is 3.75. The lowest BCUT2D eigenvalue weighted by Crippen LogP contribution is -2.24. The topological polar surface area (TPSA) is 69.9 Å². The highest BCUT2D eigenvalue weighted by atomic mass is 15.4. The van der Waals surface area contributed by atoms with Crippen molar-refractivity contribution in [2.24, 2.45) is 0 Å². The maximum Gasteiger partial charge on any atom is 0.146 e. The second kappa shape index (κ2) is 5.19. The molecule has 0 bridgehead atoms. The van der Waals surface area contributed by atoms with E-state index in [-0.39, 0.29) is 5.41 Å². The third kappa shape index (κ3) is 2.79. The number of rotatable bonds is 3. The van der Waals surface area contributed by atoms with E-state index in [1.54, 1.807) is 0 Å². The van der Waals surface area contributed by atoms with E-state index in [1.807, 2.05) is 6.07 Å². The highest BCUT2D eigenvalue weighted by molar-refractivity contribution is 5.41. The number of anilines is 1. The molecule has 1 unspecified atom stereocenters. The zero-order valence-electron chi connectivity index (χ0n) is 12.7. The first-order chi connectivity index (χ1) is 9.30. The molecule has 0 aliphatic heterocycles. The third-order valence-corrected chi connectivity index (χ3v) is 3.56. The summed E-state index contributed by atoms with van der Waals surface area (Å²) in [4.78, 5) is 4.66. The van der Waals surface area contributed by atoms with Crippen LogP contribution in [0, 0.1) is 0 Å². The van der Waals surface area contributed by atoms with Gasteiger partial charge in [0.05, 0.1) is 5.69 Å². The summed E-state index contributed by atoms with van der Waals surface area (Å²) in [6.45, 7) is 8.44. The van der Waals surface area contributed by atoms with Crippen LogP contribution in [-0.4, -0.2) is 9.66 Å². The molecule has 4 nitrogen and oxygen atoms in total. The minimum Gasteiger partial charge on any atom is -0.382 e. The summed E-state index contributed by atoms with van der Waals surface area (Å²) < 4.78 is 1.52. The number of hydrogen-bond acceptors (Lipinski definition) is 3. The molecule has 0 fully saturated rings. The van der Waals surface area contributed by atoms with Crippen molar-refractivity contribution in [2.45, 2.75) is 45.4 Å². The van der Waals surface area contributed by atoms with E-state index >= 15 is 0 Å². The first kappa shape index (κ1) is 14.4. The van der Waals surface area contributed by atoms with Crippen molar-refractivity contribution in [3.05, 3.63) is 47.4 Å². The Morgan fingerprint density at radius 3 is 2.30 bits per heavy atom. The fourth-order valence-corrected chi connectivity index (χ4v) is 2.36. The number of aromatic nitrogens is 2. The number of hydrogen-bond donors (Lipinski definition) is 2. The molecule has 0 saturated heterocycles. The quantitative estimate of drug-likeness (QED) is 0.844. The molecule has 2 rings (SSSR count). The van der Waals surface area contributed by atoms with Gasteiger partial charge < -0.3 is 11.6 Å². The minimum absolute atomic E-state index is 0.114. The molecule has 108 valence electrons. The number of imidazole rings is 1. The second-order valence-electron chi connectivity index (χ2n) is 6.40. The Morgan fingerprint density at radius 2 is 1.80 bits per heavy atom. The maximum atomic E-state index is 6.10. The molecule has 4 N–H and O–H groups in total. The van der Waals surface area contributed by atoms with Crippen molar-refractivity contribution in [3.63, 3.8) is 0 Å². The molecular formula is C16H24N4. The van der Waals surface area contributed by atoms with Crippen LogP contribution in [0.4, 0.5) is 5.82 Å². The van der Waals surface area contributed by atoms with Gasteiger partial charge in [0.1, 0.15) is 11.6 Å². The van der Waals surface area contributed by atoms with Gasteiger partial charge in [0.25, 0.3) is 0 Å². The van der Waals surface area contributed by atoms with Gasteiger partial charge in [-0.1, -0.05) is 58.0 Å². The molecule has 0 aliphatic carbocycles. The fourth-order valence-electron chi connectivity index (χ4n) is 2.36. The molecule has 20 heavy (non-hydrogen) atoms. The summed E-state index contributed by atoms with van der Waals surface area (Å²) in [5.41, 5.74) is 8.16. The van der Waals surface area contributed by atoms with E-state index < -0.39 is 0 Å². The Balaban J connectivity index is 2.27. The lowest BCUT2D eigenvalue weighted by Gasteiger charge is -2.17. The van der Waals surface area contributed by atoms with Gasteiger partial charge in [-0.15, -0.1) is 0 Å². The van der Waals surface area contributed by atoms with E-state index in [1.165, 1.54) is 10.2 Å². The summed E-state index contributed by atoms with van der Waals surface area (Å²) in [5.74, 6) is 7.79. The average Bonchev–Trinajstić information content (AvgIpc) is 2.68. The van der Waals surface area contributed by atoms with Crippen molar-refractivity contribution >= 4 is 5.82 Å². The Labute approximate surface area is 120 Å². The summed E-state index contributed by atoms with van der Waals surface area (Å²) in [6, 6.07) is 10.4. The number of benzene rings is 1. The fraction of sp³-hybridized carbons (Fsp3) is 0.438. The van der Waals surface area contributed by atoms with E-state index in [0.29, 0.717) is 11.7 Å². The predicted molar refractivity (Wildman–Crippen MR) is 84.1 cm³/mol. The lowest BCUT2D eigenvalue weighted by molar-refractivity contribution is 0.530. The molecule has 4 heteroatoms. The molecule has 1 heterocycles. The van der Waals surface area contributed by atoms with Crippen LogP contribution in [-0.2, 0) is 11.8 Å². The van der Waals surface area contributed by atoms with E-state index in [0.717, 1.165) is 17.9 Å². The maximum absolute atomic E-state index is 6.10. The second-order valence-corrected chi connectivity index (χ2v) is 6.40. The molecule has 0 amide bonds. The first-order valence-corrected chi connectivity index (χ1v) is 6.98. The lowest BCUT2D eigenvalue weighted by atomic mass is 9.95. The summed E-state index contributed by atoms with van der Waals surface area (Å²) in [7, 11) is 0. The van der Waals surface area contributed by atoms with Crippen LogP contribution in [0.2, 0.25) is 0 Å². The predicted octanol–water partition coefficient (Wildman–Crippen LogP) is 2.82. The van der Waals surface area contributed by atoms with Gasteiger partial charge in [-0.3, -0.25) is 0 Å². The summed E-state index contributed by atoms with van der Waals surface area (Å²) in [6.07, 6.45) is 0.795. The van der Waals surface area contributed by atoms with Crippen LogP contribution in [0.3, 0.4) is 0 Å². The van der Waals surface area contributed by atoms with Crippen molar-refractivity contribution in [3.8, 4) is 0 Å². The molecule has 0 radical (unpaired) electrons. The smallest absolute Gasteiger partial charge is 0.146 e. The molecule has 0 spiro atoms.